The van der Waals surface area contributed by atoms with Gasteiger partial charge in [0.05, 0.1) is 12.6 Å². The molecule has 1 saturated carbocycles. The Morgan fingerprint density at radius 2 is 1.89 bits per heavy atom. The molecule has 11 nitrogen and oxygen atoms in total. The average molecular weight is 499 g/mol. The number of rotatable bonds is 3. The zero-order chi connectivity index (χ0) is 26.0. The Kier molecular flexibility index (Phi) is 5.55. The van der Waals surface area contributed by atoms with E-state index in [9.17, 15) is 19.2 Å². The van der Waals surface area contributed by atoms with Gasteiger partial charge >= 0.3 is 0 Å². The number of pyridine rings is 1. The van der Waals surface area contributed by atoms with E-state index in [1.165, 1.54) is 11.1 Å². The first-order chi connectivity index (χ1) is 16.9. The molecule has 0 aromatic carbocycles. The van der Waals surface area contributed by atoms with Crippen LogP contribution in [0.5, 0.6) is 5.75 Å². The number of carbonyl (C=O) groups excluding carboxylic acids is 4. The number of nitrogens with one attached hydrogen (secondary N) is 1. The number of hydrogen-bond donors (Lipinski definition) is 3. The molecule has 36 heavy (non-hydrogen) atoms. The van der Waals surface area contributed by atoms with Crippen molar-refractivity contribution in [3.8, 4) is 5.75 Å². The van der Waals surface area contributed by atoms with E-state index in [0.717, 1.165) is 19.3 Å². The predicted octanol–water partition coefficient (Wildman–Crippen LogP) is 0.382. The normalized spacial score (nSPS) is 29.4. The molecule has 0 radical (unpaired) electrons. The van der Waals surface area contributed by atoms with Gasteiger partial charge in [-0.15, -0.1) is 0 Å². The minimum atomic E-state index is -1.48. The molecule has 194 valence electrons. The smallest absolute Gasteiger partial charge is 0.271 e. The van der Waals surface area contributed by atoms with Crippen molar-refractivity contribution in [1.29, 1.82) is 0 Å². The fourth-order valence-electron chi connectivity index (χ4n) is 5.63. The van der Waals surface area contributed by atoms with E-state index in [1.54, 1.807) is 17.0 Å². The summed E-state index contributed by atoms with van der Waals surface area (Å²) < 4.78 is 6.07. The van der Waals surface area contributed by atoms with Gasteiger partial charge < -0.3 is 31.3 Å². The van der Waals surface area contributed by atoms with E-state index >= 15 is 0 Å². The number of anilines is 1. The SMILES string of the molecule is CC(C)(C)[C@H](N)C(=O)N1CCC2(CC2)C[C@H]1C(=O)N1C[C@@]2(C[C@H]1C(N)=O)Oc1cccnc1NC2=O. The molecule has 4 aliphatic rings. The Hall–Kier alpha value is -3.21. The van der Waals surface area contributed by atoms with Gasteiger partial charge in [-0.25, -0.2) is 4.98 Å². The van der Waals surface area contributed by atoms with Crippen molar-refractivity contribution in [2.24, 2.45) is 22.3 Å². The van der Waals surface area contributed by atoms with Crippen LogP contribution in [0.2, 0.25) is 0 Å². The van der Waals surface area contributed by atoms with E-state index in [1.807, 2.05) is 20.8 Å². The number of nitrogens with zero attached hydrogens (tertiary/aromatic N) is 3. The van der Waals surface area contributed by atoms with Crippen molar-refractivity contribution in [3.05, 3.63) is 18.3 Å². The van der Waals surface area contributed by atoms with Crippen molar-refractivity contribution < 1.29 is 23.9 Å². The Morgan fingerprint density at radius 3 is 2.53 bits per heavy atom. The van der Waals surface area contributed by atoms with E-state index in [0.29, 0.717) is 18.7 Å². The molecule has 3 fully saturated rings. The highest BCUT2D eigenvalue weighted by Gasteiger charge is 2.59. The summed E-state index contributed by atoms with van der Waals surface area (Å²) in [5, 5.41) is 2.73. The van der Waals surface area contributed by atoms with Crippen molar-refractivity contribution >= 4 is 29.4 Å². The first-order valence-electron chi connectivity index (χ1n) is 12.5. The molecule has 4 heterocycles. The Labute approximate surface area is 209 Å². The summed E-state index contributed by atoms with van der Waals surface area (Å²) in [5.41, 5.74) is 10.1. The van der Waals surface area contributed by atoms with Gasteiger partial charge in [-0.3, -0.25) is 19.2 Å². The third kappa shape index (κ3) is 3.99. The minimum absolute atomic E-state index is 0.0336. The maximum absolute atomic E-state index is 14.1. The molecule has 4 atom stereocenters. The van der Waals surface area contributed by atoms with Crippen LogP contribution >= 0.6 is 0 Å². The van der Waals surface area contributed by atoms with Gasteiger partial charge in [0.2, 0.25) is 23.3 Å². The quantitative estimate of drug-likeness (QED) is 0.543. The van der Waals surface area contributed by atoms with E-state index in [4.69, 9.17) is 16.2 Å². The third-order valence-electron chi connectivity index (χ3n) is 8.27. The number of carbonyl (C=O) groups is 4. The van der Waals surface area contributed by atoms with Crippen LogP contribution in [0.3, 0.4) is 0 Å². The number of piperidine rings is 1. The van der Waals surface area contributed by atoms with E-state index in [2.05, 4.69) is 10.3 Å². The number of aromatic nitrogens is 1. The molecule has 0 unspecified atom stereocenters. The number of fused-ring (bicyclic) bond motifs is 1. The van der Waals surface area contributed by atoms with Gasteiger partial charge in [0.25, 0.3) is 5.91 Å². The second kappa shape index (κ2) is 8.16. The van der Waals surface area contributed by atoms with E-state index in [-0.39, 0.29) is 30.1 Å². The van der Waals surface area contributed by atoms with Gasteiger partial charge in [0.15, 0.2) is 11.6 Å². The molecule has 2 saturated heterocycles. The van der Waals surface area contributed by atoms with Gasteiger partial charge in [-0.05, 0) is 48.6 Å². The lowest BCUT2D eigenvalue weighted by atomic mass is 9.83. The zero-order valence-electron chi connectivity index (χ0n) is 21.0. The zero-order valence-corrected chi connectivity index (χ0v) is 21.0. The van der Waals surface area contributed by atoms with Crippen LogP contribution in [-0.2, 0) is 19.2 Å². The summed E-state index contributed by atoms with van der Waals surface area (Å²) in [4.78, 5) is 60.2. The predicted molar refractivity (Wildman–Crippen MR) is 129 cm³/mol. The molecule has 1 aliphatic carbocycles. The first-order valence-corrected chi connectivity index (χ1v) is 12.5. The largest absolute Gasteiger partial charge is 0.472 e. The monoisotopic (exact) mass is 498 g/mol. The Bertz CT molecular complexity index is 1130. The second-order valence-electron chi connectivity index (χ2n) is 11.8. The highest BCUT2D eigenvalue weighted by atomic mass is 16.5. The summed E-state index contributed by atoms with van der Waals surface area (Å²) in [7, 11) is 0. The van der Waals surface area contributed by atoms with Crippen molar-refractivity contribution in [3.63, 3.8) is 0 Å². The van der Waals surface area contributed by atoms with Crippen LogP contribution in [0.15, 0.2) is 18.3 Å². The summed E-state index contributed by atoms with van der Waals surface area (Å²) in [6.07, 6.45) is 4.77. The van der Waals surface area contributed by atoms with Gasteiger partial charge in [-0.1, -0.05) is 20.8 Å². The topological polar surface area (TPSA) is 161 Å². The summed E-state index contributed by atoms with van der Waals surface area (Å²) in [6, 6.07) is 0.729. The maximum Gasteiger partial charge on any atom is 0.271 e. The number of amides is 4. The van der Waals surface area contributed by atoms with Crippen molar-refractivity contribution in [2.75, 3.05) is 18.4 Å². The average Bonchev–Trinajstić information content (AvgIpc) is 3.45. The van der Waals surface area contributed by atoms with Gasteiger partial charge in [-0.2, -0.15) is 0 Å². The fourth-order valence-corrected chi connectivity index (χ4v) is 5.63. The molecule has 5 rings (SSSR count). The van der Waals surface area contributed by atoms with Gasteiger partial charge in [0, 0.05) is 19.2 Å². The first kappa shape index (κ1) is 24.5. The second-order valence-corrected chi connectivity index (χ2v) is 11.8. The fraction of sp³-hybridized carbons (Fsp3) is 0.640. The van der Waals surface area contributed by atoms with Crippen molar-refractivity contribution in [2.45, 2.75) is 76.6 Å². The number of ether oxygens (including phenoxy) is 1. The standard InChI is InChI=1S/C25H34N6O5/c1-23(2,3)17(26)21(34)30-10-8-24(6-7-24)11-15(30)20(33)31-13-25(12-14(31)18(27)32)22(35)29-19-16(36-25)5-4-9-28-19/h4-5,9,14-15,17H,6-8,10-13,26H2,1-3H3,(H2,27,32)(H,28,29,35)/t14-,15-,17+,25+/m0/s1. The molecule has 5 N–H and O–H groups in total. The van der Waals surface area contributed by atoms with Crippen LogP contribution < -0.4 is 21.5 Å². The lowest BCUT2D eigenvalue weighted by Crippen LogP contribution is -2.61. The Balaban J connectivity index is 1.45. The maximum atomic E-state index is 14.1. The minimum Gasteiger partial charge on any atom is -0.472 e. The van der Waals surface area contributed by atoms with E-state index < -0.39 is 46.9 Å². The lowest BCUT2D eigenvalue weighted by molar-refractivity contribution is -0.153. The molecule has 11 heteroatoms. The summed E-state index contributed by atoms with van der Waals surface area (Å²) >= 11 is 0. The number of hydrogen-bond acceptors (Lipinski definition) is 7. The summed E-state index contributed by atoms with van der Waals surface area (Å²) in [5.74, 6) is -1.26. The highest BCUT2D eigenvalue weighted by Crippen LogP contribution is 2.55. The number of primary amides is 1. The number of likely N-dealkylation sites (tertiary alicyclic amines) is 2. The third-order valence-corrected chi connectivity index (χ3v) is 8.27. The van der Waals surface area contributed by atoms with Crippen LogP contribution in [0.4, 0.5) is 5.82 Å². The molecule has 1 aromatic rings. The lowest BCUT2D eigenvalue weighted by Gasteiger charge is -2.43. The van der Waals surface area contributed by atoms with Crippen LogP contribution in [-0.4, -0.2) is 75.2 Å². The van der Waals surface area contributed by atoms with Crippen LogP contribution in [0.1, 0.15) is 52.9 Å². The van der Waals surface area contributed by atoms with Crippen molar-refractivity contribution in [1.82, 2.24) is 14.8 Å². The number of nitrogens with two attached hydrogens (primary N) is 2. The van der Waals surface area contributed by atoms with Crippen LogP contribution in [0.25, 0.3) is 0 Å². The molecule has 2 spiro atoms. The molecular formula is C25H34N6O5. The van der Waals surface area contributed by atoms with Gasteiger partial charge in [0.1, 0.15) is 12.1 Å². The molecular weight excluding hydrogens is 464 g/mol. The molecule has 4 amide bonds. The molecule has 3 aliphatic heterocycles. The summed E-state index contributed by atoms with van der Waals surface area (Å²) in [6.45, 7) is 5.93. The molecule has 1 aromatic heterocycles. The van der Waals surface area contributed by atoms with Crippen LogP contribution in [0, 0.1) is 10.8 Å². The highest BCUT2D eigenvalue weighted by molar-refractivity contribution is 6.03. The Morgan fingerprint density at radius 1 is 1.17 bits per heavy atom. The molecule has 0 bridgehead atoms.